The van der Waals surface area contributed by atoms with Gasteiger partial charge >= 0.3 is 0 Å². The van der Waals surface area contributed by atoms with E-state index in [2.05, 4.69) is 343 Å². The summed E-state index contributed by atoms with van der Waals surface area (Å²) in [5, 5.41) is 5.23. The summed E-state index contributed by atoms with van der Waals surface area (Å²) in [4.78, 5) is 11.3. The Hall–Kier alpha value is -10.8. The SMILES string of the molecule is Clc1c(N(c2ccccc2)c2cccc(N(c3ccccc3)c3ccccc3)c2)cccc1N(c1ccccc1)c1cccc(N(c2ccccc2)c2ccccc2)c1.Clc1cccc(Br)c1Cl.c1ccc(Nc2cccc(N(c3ccccc3)c3ccccc3)c2)cc1. The van der Waals surface area contributed by atoms with Crippen LogP contribution in [0.1, 0.15) is 0 Å². The van der Waals surface area contributed by atoms with Crippen LogP contribution in [0.3, 0.4) is 0 Å². The minimum Gasteiger partial charge on any atom is -0.355 e. The second-order valence-electron chi connectivity index (χ2n) is 21.6. The van der Waals surface area contributed by atoms with E-state index in [0.717, 1.165) is 101 Å². The van der Waals surface area contributed by atoms with Gasteiger partial charge in [0.15, 0.2) is 0 Å². The average Bonchev–Trinajstić information content (AvgIpc) is 0.802. The maximum absolute atomic E-state index is 7.78. The van der Waals surface area contributed by atoms with Crippen LogP contribution < -0.4 is 29.8 Å². The Bertz CT molecular complexity index is 4320. The normalized spacial score (nSPS) is 10.6. The number of nitrogens with zero attached hydrogens (tertiary/aromatic N) is 5. The van der Waals surface area contributed by atoms with Gasteiger partial charge in [-0.2, -0.15) is 0 Å². The second kappa shape index (κ2) is 31.5. The summed E-state index contributed by atoms with van der Waals surface area (Å²) in [6.07, 6.45) is 0. The van der Waals surface area contributed by atoms with Crippen molar-refractivity contribution in [1.82, 2.24) is 0 Å². The number of benzene rings is 14. The Labute approximate surface area is 574 Å². The van der Waals surface area contributed by atoms with Gasteiger partial charge in [-0.15, -0.1) is 0 Å². The molecule has 14 aromatic carbocycles. The number of para-hydroxylation sites is 9. The van der Waals surface area contributed by atoms with Crippen molar-refractivity contribution in [2.75, 3.05) is 29.8 Å². The Balaban J connectivity index is 0.000000198. The number of anilines is 17. The first kappa shape index (κ1) is 63.4. The zero-order valence-electron chi connectivity index (χ0n) is 51.1. The second-order valence-corrected chi connectivity index (χ2v) is 23.6. The average molecular weight is 1340 g/mol. The van der Waals surface area contributed by atoms with Crippen molar-refractivity contribution in [2.24, 2.45) is 0 Å². The van der Waals surface area contributed by atoms with Crippen LogP contribution in [0.15, 0.2) is 387 Å². The van der Waals surface area contributed by atoms with Gasteiger partial charge in [0.05, 0.1) is 26.4 Å². The Morgan fingerprint density at radius 1 is 0.202 bits per heavy atom. The topological polar surface area (TPSA) is 28.2 Å². The number of rotatable bonds is 17. The molecule has 0 aliphatic rings. The van der Waals surface area contributed by atoms with Crippen LogP contribution in [-0.2, 0) is 0 Å². The van der Waals surface area contributed by atoms with Gasteiger partial charge in [-0.3, -0.25) is 0 Å². The fraction of sp³-hybridized carbons (Fsp3) is 0. The van der Waals surface area contributed by atoms with Crippen molar-refractivity contribution in [3.05, 3.63) is 402 Å². The van der Waals surface area contributed by atoms with Gasteiger partial charge in [0.25, 0.3) is 0 Å². The molecule has 0 aliphatic heterocycles. The fourth-order valence-corrected chi connectivity index (χ4v) is 12.2. The standard InChI is InChI=1S/C54H41ClN4.C24H20N2.C6H3BrCl2/c55-54-52(58(46-30-15-5-16-31-46)50-36-19-34-48(40-50)56(42-22-7-1-8-23-42)43-24-9-2-10-25-43)38-21-39-53(54)59(47-32-17-6-18-33-47)51-37-20-35-49(41-51)57(44-26-11-3-12-27-44)45-28-13-4-14-29-45;1-4-11-20(12-5-1)25-21-13-10-18-24(19-21)26(22-14-6-2-7-15-22)23-16-8-3-9-17-23;7-4-2-1-3-5(8)6(4)9/h1-41H;1-19,25H;1-3H. The molecule has 0 unspecified atom stereocenters. The molecule has 1 N–H and O–H groups in total. The first-order valence-corrected chi connectivity index (χ1v) is 32.7. The first-order valence-electron chi connectivity index (χ1n) is 30.8. The highest BCUT2D eigenvalue weighted by atomic mass is 79.9. The number of hydrogen-bond donors (Lipinski definition) is 1. The molecule has 0 radical (unpaired) electrons. The molecule has 94 heavy (non-hydrogen) atoms. The van der Waals surface area contributed by atoms with E-state index in [4.69, 9.17) is 34.8 Å². The quantitative estimate of drug-likeness (QED) is 0.0914. The summed E-state index contributed by atoms with van der Waals surface area (Å²) in [6.45, 7) is 0. The van der Waals surface area contributed by atoms with Crippen LogP contribution >= 0.6 is 50.7 Å². The molecule has 0 saturated heterocycles. The summed E-state index contributed by atoms with van der Waals surface area (Å²) >= 11 is 22.4. The van der Waals surface area contributed by atoms with Gasteiger partial charge in [0, 0.05) is 89.8 Å². The van der Waals surface area contributed by atoms with Crippen molar-refractivity contribution in [1.29, 1.82) is 0 Å². The van der Waals surface area contributed by atoms with Crippen molar-refractivity contribution < 1.29 is 0 Å². The van der Waals surface area contributed by atoms with Crippen molar-refractivity contribution in [3.63, 3.8) is 0 Å². The van der Waals surface area contributed by atoms with Gasteiger partial charge in [-0.05, 0) is 204 Å². The molecule has 0 heterocycles. The van der Waals surface area contributed by atoms with E-state index in [1.807, 2.05) is 78.9 Å². The van der Waals surface area contributed by atoms with Crippen molar-refractivity contribution >= 4 is 147 Å². The lowest BCUT2D eigenvalue weighted by atomic mass is 10.1. The number of halogens is 4. The van der Waals surface area contributed by atoms with Crippen molar-refractivity contribution in [3.8, 4) is 0 Å². The Kier molecular flexibility index (Phi) is 21.2. The summed E-state index contributed by atoms with van der Waals surface area (Å²) in [7, 11) is 0. The fourth-order valence-electron chi connectivity index (χ4n) is 11.1. The third-order valence-corrected chi connectivity index (χ3v) is 17.4. The zero-order chi connectivity index (χ0) is 64.3. The molecule has 0 fully saturated rings. The summed E-state index contributed by atoms with van der Waals surface area (Å²) in [5.74, 6) is 0. The molecule has 0 bridgehead atoms. The molecule has 10 heteroatoms. The molecule has 0 atom stereocenters. The van der Waals surface area contributed by atoms with Crippen LogP contribution in [0.4, 0.5) is 96.7 Å². The van der Waals surface area contributed by atoms with E-state index < -0.39 is 0 Å². The highest BCUT2D eigenvalue weighted by Crippen LogP contribution is 2.49. The van der Waals surface area contributed by atoms with Gasteiger partial charge < -0.3 is 29.8 Å². The summed E-state index contributed by atoms with van der Waals surface area (Å²) in [6, 6.07) is 131. The van der Waals surface area contributed by atoms with Gasteiger partial charge in [-0.25, -0.2) is 0 Å². The molecule has 0 aliphatic carbocycles. The molecule has 14 aromatic rings. The molecular formula is C84H64BrCl3N6. The monoisotopic (exact) mass is 1340 g/mol. The van der Waals surface area contributed by atoms with E-state index in [0.29, 0.717) is 15.1 Å². The van der Waals surface area contributed by atoms with Gasteiger partial charge in [0.1, 0.15) is 0 Å². The summed E-state index contributed by atoms with van der Waals surface area (Å²) in [5.41, 5.74) is 17.5. The first-order chi connectivity index (χ1) is 46.3. The highest BCUT2D eigenvalue weighted by molar-refractivity contribution is 9.10. The van der Waals surface area contributed by atoms with E-state index in [1.165, 1.54) is 0 Å². The van der Waals surface area contributed by atoms with E-state index in [9.17, 15) is 0 Å². The van der Waals surface area contributed by atoms with E-state index in [1.54, 1.807) is 6.07 Å². The number of hydrogen-bond acceptors (Lipinski definition) is 6. The molecule has 0 amide bonds. The lowest BCUT2D eigenvalue weighted by Crippen LogP contribution is -2.16. The predicted molar refractivity (Wildman–Crippen MR) is 405 cm³/mol. The molecule has 14 rings (SSSR count). The van der Waals surface area contributed by atoms with Gasteiger partial charge in [-0.1, -0.05) is 229 Å². The lowest BCUT2D eigenvalue weighted by molar-refractivity contribution is 1.23. The molecule has 0 spiro atoms. The highest BCUT2D eigenvalue weighted by Gasteiger charge is 2.25. The van der Waals surface area contributed by atoms with Crippen LogP contribution in [-0.4, -0.2) is 0 Å². The van der Waals surface area contributed by atoms with Gasteiger partial charge in [0.2, 0.25) is 0 Å². The third kappa shape index (κ3) is 15.6. The molecule has 458 valence electrons. The maximum Gasteiger partial charge on any atom is 0.0887 e. The lowest BCUT2D eigenvalue weighted by Gasteiger charge is -2.32. The minimum atomic E-state index is 0.569. The minimum absolute atomic E-state index is 0.569. The van der Waals surface area contributed by atoms with Crippen LogP contribution in [0.2, 0.25) is 15.1 Å². The molecule has 0 saturated carbocycles. The Morgan fingerprint density at radius 2 is 0.436 bits per heavy atom. The van der Waals surface area contributed by atoms with Crippen molar-refractivity contribution in [2.45, 2.75) is 0 Å². The van der Waals surface area contributed by atoms with E-state index in [-0.39, 0.29) is 0 Å². The number of nitrogens with one attached hydrogen (secondary N) is 1. The maximum atomic E-state index is 7.78. The smallest absolute Gasteiger partial charge is 0.0887 e. The van der Waals surface area contributed by atoms with E-state index >= 15 is 0 Å². The third-order valence-electron chi connectivity index (χ3n) is 15.3. The summed E-state index contributed by atoms with van der Waals surface area (Å²) < 4.78 is 0.830. The Morgan fingerprint density at radius 3 is 0.745 bits per heavy atom. The van der Waals surface area contributed by atoms with Crippen LogP contribution in [0.5, 0.6) is 0 Å². The zero-order valence-corrected chi connectivity index (χ0v) is 55.0. The largest absolute Gasteiger partial charge is 0.355 e. The molecule has 0 aromatic heterocycles. The predicted octanol–water partition coefficient (Wildman–Crippen LogP) is 26.9. The van der Waals surface area contributed by atoms with Crippen LogP contribution in [0.25, 0.3) is 0 Å². The molecular weight excluding hydrogens is 1280 g/mol. The molecule has 6 nitrogen and oxygen atoms in total. The van der Waals surface area contributed by atoms with Crippen LogP contribution in [0, 0.1) is 0 Å².